The van der Waals surface area contributed by atoms with Gasteiger partial charge in [0.15, 0.2) is 0 Å². The van der Waals surface area contributed by atoms with Crippen molar-refractivity contribution >= 4 is 40.1 Å². The third-order valence-corrected chi connectivity index (χ3v) is 3.24. The molecule has 4 nitrogen and oxygen atoms in total. The first-order chi connectivity index (χ1) is 8.70. The molecule has 6 heteroatoms. The van der Waals surface area contributed by atoms with Crippen LogP contribution in [0.2, 0.25) is 5.02 Å². The zero-order chi connectivity index (χ0) is 13.0. The van der Waals surface area contributed by atoms with Crippen LogP contribution in [0.3, 0.4) is 0 Å². The van der Waals surface area contributed by atoms with Crippen LogP contribution in [0, 0.1) is 3.57 Å². The topological polar surface area (TPSA) is 47.0 Å². The van der Waals surface area contributed by atoms with Crippen LogP contribution in [0.5, 0.6) is 11.6 Å². The Bertz CT molecular complexity index is 551. The first kappa shape index (κ1) is 13.4. The van der Waals surface area contributed by atoms with Gasteiger partial charge < -0.3 is 10.1 Å². The number of rotatable bonds is 4. The second kappa shape index (κ2) is 6.19. The Labute approximate surface area is 124 Å². The smallest absolute Gasteiger partial charge is 0.243 e. The standard InChI is InChI=1S/C12H11ClIN3O/c1-2-15-12-16-7-8(13)11(17-12)18-10-6-4-3-5-9(10)14/h3-7H,2H2,1H3,(H,15,16,17). The number of hydrogen-bond donors (Lipinski definition) is 1. The lowest BCUT2D eigenvalue weighted by Crippen LogP contribution is -2.03. The molecule has 0 amide bonds. The summed E-state index contributed by atoms with van der Waals surface area (Å²) in [7, 11) is 0. The van der Waals surface area contributed by atoms with Crippen molar-refractivity contribution < 1.29 is 4.74 Å². The zero-order valence-corrected chi connectivity index (χ0v) is 12.6. The molecule has 94 valence electrons. The maximum Gasteiger partial charge on any atom is 0.243 e. The summed E-state index contributed by atoms with van der Waals surface area (Å²) >= 11 is 8.22. The molecule has 0 fully saturated rings. The molecule has 0 radical (unpaired) electrons. The van der Waals surface area contributed by atoms with Crippen molar-refractivity contribution in [3.8, 4) is 11.6 Å². The lowest BCUT2D eigenvalue weighted by molar-refractivity contribution is 0.459. The van der Waals surface area contributed by atoms with Gasteiger partial charge in [0.25, 0.3) is 0 Å². The molecule has 0 atom stereocenters. The zero-order valence-electron chi connectivity index (χ0n) is 9.65. The maximum atomic E-state index is 6.02. The average Bonchev–Trinajstić information content (AvgIpc) is 2.36. The normalized spacial score (nSPS) is 10.2. The lowest BCUT2D eigenvalue weighted by Gasteiger charge is -2.09. The van der Waals surface area contributed by atoms with Crippen LogP contribution in [0.15, 0.2) is 30.5 Å². The van der Waals surface area contributed by atoms with Gasteiger partial charge in [-0.1, -0.05) is 23.7 Å². The van der Waals surface area contributed by atoms with E-state index in [2.05, 4.69) is 37.9 Å². The van der Waals surface area contributed by atoms with Gasteiger partial charge in [0.1, 0.15) is 10.8 Å². The highest BCUT2D eigenvalue weighted by molar-refractivity contribution is 14.1. The van der Waals surface area contributed by atoms with E-state index in [1.807, 2.05) is 31.2 Å². The second-order valence-electron chi connectivity index (χ2n) is 3.41. The maximum absolute atomic E-state index is 6.02. The number of halogens is 2. The molecule has 2 aromatic rings. The number of nitrogens with one attached hydrogen (secondary N) is 1. The Morgan fingerprint density at radius 3 is 2.89 bits per heavy atom. The van der Waals surface area contributed by atoms with E-state index in [1.54, 1.807) is 0 Å². The average molecular weight is 376 g/mol. The Balaban J connectivity index is 2.28. The molecule has 0 spiro atoms. The summed E-state index contributed by atoms with van der Waals surface area (Å²) in [5, 5.41) is 3.40. The minimum Gasteiger partial charge on any atom is -0.436 e. The van der Waals surface area contributed by atoms with Gasteiger partial charge in [-0.3, -0.25) is 0 Å². The second-order valence-corrected chi connectivity index (χ2v) is 4.98. The molecular formula is C12H11ClIN3O. The quantitative estimate of drug-likeness (QED) is 0.822. The summed E-state index contributed by atoms with van der Waals surface area (Å²) in [4.78, 5) is 8.28. The van der Waals surface area contributed by atoms with Gasteiger partial charge in [-0.15, -0.1) is 0 Å². The molecule has 1 heterocycles. The van der Waals surface area contributed by atoms with E-state index < -0.39 is 0 Å². The Hall–Kier alpha value is -1.08. The first-order valence-electron chi connectivity index (χ1n) is 5.39. The van der Waals surface area contributed by atoms with E-state index in [1.165, 1.54) is 6.20 Å². The van der Waals surface area contributed by atoms with Crippen molar-refractivity contribution in [2.24, 2.45) is 0 Å². The van der Waals surface area contributed by atoms with Gasteiger partial charge >= 0.3 is 0 Å². The van der Waals surface area contributed by atoms with Crippen molar-refractivity contribution in [3.05, 3.63) is 39.1 Å². The first-order valence-corrected chi connectivity index (χ1v) is 6.85. The van der Waals surface area contributed by atoms with Crippen molar-refractivity contribution in [1.29, 1.82) is 0 Å². The van der Waals surface area contributed by atoms with E-state index in [9.17, 15) is 0 Å². The minimum atomic E-state index is 0.353. The molecule has 0 saturated carbocycles. The van der Waals surface area contributed by atoms with Crippen LogP contribution >= 0.6 is 34.2 Å². The van der Waals surface area contributed by atoms with Crippen molar-refractivity contribution in [2.45, 2.75) is 6.92 Å². The molecule has 1 N–H and O–H groups in total. The highest BCUT2D eigenvalue weighted by Gasteiger charge is 2.09. The van der Waals surface area contributed by atoms with Crippen molar-refractivity contribution in [2.75, 3.05) is 11.9 Å². The Kier molecular flexibility index (Phi) is 4.60. The number of ether oxygens (including phenoxy) is 1. The fourth-order valence-corrected chi connectivity index (χ4v) is 1.93. The van der Waals surface area contributed by atoms with Crippen LogP contribution in [-0.2, 0) is 0 Å². The van der Waals surface area contributed by atoms with Crippen LogP contribution < -0.4 is 10.1 Å². The lowest BCUT2D eigenvalue weighted by atomic mass is 10.3. The number of aromatic nitrogens is 2. The van der Waals surface area contributed by atoms with E-state index in [-0.39, 0.29) is 0 Å². The van der Waals surface area contributed by atoms with E-state index in [4.69, 9.17) is 16.3 Å². The largest absolute Gasteiger partial charge is 0.436 e. The van der Waals surface area contributed by atoms with E-state index >= 15 is 0 Å². The number of anilines is 1. The van der Waals surface area contributed by atoms with Gasteiger partial charge in [0.2, 0.25) is 11.8 Å². The molecule has 0 aliphatic rings. The van der Waals surface area contributed by atoms with E-state index in [0.717, 1.165) is 15.9 Å². The molecule has 0 aliphatic carbocycles. The molecule has 0 bridgehead atoms. The predicted octanol–water partition coefficient (Wildman–Crippen LogP) is 3.96. The van der Waals surface area contributed by atoms with Crippen molar-refractivity contribution in [3.63, 3.8) is 0 Å². The SMILES string of the molecule is CCNc1ncc(Cl)c(Oc2ccccc2I)n1. The molecule has 1 aromatic heterocycles. The summed E-state index contributed by atoms with van der Waals surface area (Å²) in [6.45, 7) is 2.71. The van der Waals surface area contributed by atoms with Gasteiger partial charge in [-0.2, -0.15) is 4.98 Å². The number of para-hydroxylation sites is 1. The van der Waals surface area contributed by atoms with Crippen LogP contribution in [0.4, 0.5) is 5.95 Å². The van der Waals surface area contributed by atoms with Gasteiger partial charge in [0, 0.05) is 6.54 Å². The fraction of sp³-hybridized carbons (Fsp3) is 0.167. The fourth-order valence-electron chi connectivity index (χ4n) is 1.30. The molecule has 0 saturated heterocycles. The molecule has 2 rings (SSSR count). The Morgan fingerprint density at radius 2 is 2.17 bits per heavy atom. The van der Waals surface area contributed by atoms with Gasteiger partial charge in [-0.05, 0) is 41.6 Å². The van der Waals surface area contributed by atoms with Gasteiger partial charge in [-0.25, -0.2) is 4.98 Å². The molecule has 0 unspecified atom stereocenters. The minimum absolute atomic E-state index is 0.353. The summed E-state index contributed by atoms with van der Waals surface area (Å²) in [5.74, 6) is 1.58. The summed E-state index contributed by atoms with van der Waals surface area (Å²) in [6, 6.07) is 7.67. The molecule has 1 aromatic carbocycles. The third kappa shape index (κ3) is 3.23. The molecule has 18 heavy (non-hydrogen) atoms. The predicted molar refractivity (Wildman–Crippen MR) is 80.4 cm³/mol. The number of benzene rings is 1. The highest BCUT2D eigenvalue weighted by Crippen LogP contribution is 2.30. The third-order valence-electron chi connectivity index (χ3n) is 2.09. The van der Waals surface area contributed by atoms with Crippen molar-refractivity contribution in [1.82, 2.24) is 9.97 Å². The van der Waals surface area contributed by atoms with E-state index in [0.29, 0.717) is 16.9 Å². The van der Waals surface area contributed by atoms with Crippen LogP contribution in [-0.4, -0.2) is 16.5 Å². The molecular weight excluding hydrogens is 365 g/mol. The monoisotopic (exact) mass is 375 g/mol. The Morgan fingerprint density at radius 1 is 1.39 bits per heavy atom. The van der Waals surface area contributed by atoms with Crippen LogP contribution in [0.1, 0.15) is 6.92 Å². The molecule has 0 aliphatic heterocycles. The number of hydrogen-bond acceptors (Lipinski definition) is 4. The summed E-state index contributed by atoms with van der Waals surface area (Å²) in [5.41, 5.74) is 0. The van der Waals surface area contributed by atoms with Gasteiger partial charge in [0.05, 0.1) is 9.77 Å². The summed E-state index contributed by atoms with van der Waals surface area (Å²) in [6.07, 6.45) is 1.53. The summed E-state index contributed by atoms with van der Waals surface area (Å²) < 4.78 is 6.69. The number of nitrogens with zero attached hydrogens (tertiary/aromatic N) is 2. The highest BCUT2D eigenvalue weighted by atomic mass is 127. The van der Waals surface area contributed by atoms with Crippen LogP contribution in [0.25, 0.3) is 0 Å².